The molecule has 290 valence electrons. The van der Waals surface area contributed by atoms with Crippen molar-refractivity contribution in [2.24, 2.45) is 22.8 Å². The number of likely N-dealkylation sites (tertiary alicyclic amines) is 2. The topological polar surface area (TPSA) is 180 Å². The molecule has 2 saturated heterocycles. The van der Waals surface area contributed by atoms with Crippen molar-refractivity contribution >= 4 is 29.5 Å². The number of halogens is 2. The summed E-state index contributed by atoms with van der Waals surface area (Å²) in [5.41, 5.74) is 12.2. The van der Waals surface area contributed by atoms with Gasteiger partial charge in [-0.3, -0.25) is 24.0 Å². The predicted molar refractivity (Wildman–Crippen MR) is 197 cm³/mol. The SMILES string of the molecule is CC(=O)N1CCC2(CN(C(=O)[C@@H](CCCCN)NC(=O)[C@@H](CC(C)C)NC(=O)[C@@H](Cc3ccccc3)NC(=O)[C@H](N)Cc3ccccc3)C2)C(F)(F)C1. The molecule has 7 N–H and O–H groups in total. The van der Waals surface area contributed by atoms with Crippen LogP contribution in [0, 0.1) is 11.3 Å². The molecule has 0 aliphatic carbocycles. The predicted octanol–water partition coefficient (Wildman–Crippen LogP) is 2.14. The van der Waals surface area contributed by atoms with E-state index >= 15 is 8.78 Å². The number of carbonyl (C=O) groups is 5. The van der Waals surface area contributed by atoms with Crippen LogP contribution < -0.4 is 27.4 Å². The number of alkyl halides is 2. The van der Waals surface area contributed by atoms with Crippen LogP contribution in [0.2, 0.25) is 0 Å². The van der Waals surface area contributed by atoms with E-state index < -0.39 is 71.6 Å². The number of hydrogen-bond donors (Lipinski definition) is 5. The Morgan fingerprint density at radius 3 is 1.85 bits per heavy atom. The first-order chi connectivity index (χ1) is 25.1. The van der Waals surface area contributed by atoms with Crippen LogP contribution in [-0.2, 0) is 36.8 Å². The zero-order valence-electron chi connectivity index (χ0n) is 31.0. The van der Waals surface area contributed by atoms with Gasteiger partial charge in [0.05, 0.1) is 18.0 Å². The first-order valence-electron chi connectivity index (χ1n) is 18.5. The average molecular weight is 740 g/mol. The van der Waals surface area contributed by atoms with E-state index in [1.165, 1.54) is 11.8 Å². The van der Waals surface area contributed by atoms with E-state index in [-0.39, 0.29) is 57.7 Å². The van der Waals surface area contributed by atoms with Crippen molar-refractivity contribution in [1.29, 1.82) is 0 Å². The highest BCUT2D eigenvalue weighted by Gasteiger charge is 2.64. The standard InChI is InChI=1S/C39H55F2N7O5/c1-26(2)20-32(46-36(52)33(22-29-14-8-5-9-15-29)45-34(50)30(43)21-28-12-6-4-7-13-28)35(51)44-31(16-10-11-18-42)37(53)48-23-38(24-48)17-19-47(27(3)49)25-39(38,40)41/h4-9,12-15,26,30-33H,10-11,16-25,42-43H2,1-3H3,(H,44,51)(H,45,50)(H,46,52)/t30-,31-,32-,33-/m1/s1. The van der Waals surface area contributed by atoms with Crippen LogP contribution in [0.1, 0.15) is 64.0 Å². The summed E-state index contributed by atoms with van der Waals surface area (Å²) in [4.78, 5) is 69.1. The van der Waals surface area contributed by atoms with Gasteiger partial charge in [0.15, 0.2) is 0 Å². The van der Waals surface area contributed by atoms with Gasteiger partial charge in [-0.05, 0) is 62.1 Å². The molecule has 2 fully saturated rings. The van der Waals surface area contributed by atoms with Gasteiger partial charge in [-0.25, -0.2) is 8.78 Å². The van der Waals surface area contributed by atoms with Crippen molar-refractivity contribution in [3.63, 3.8) is 0 Å². The smallest absolute Gasteiger partial charge is 0.274 e. The minimum Gasteiger partial charge on any atom is -0.343 e. The Labute approximate surface area is 310 Å². The lowest BCUT2D eigenvalue weighted by molar-refractivity contribution is -0.224. The number of nitrogens with zero attached hydrogens (tertiary/aromatic N) is 2. The summed E-state index contributed by atoms with van der Waals surface area (Å²) in [6, 6.07) is 14.3. The fourth-order valence-corrected chi connectivity index (χ4v) is 7.03. The Bertz CT molecular complexity index is 1560. The number of piperidine rings is 1. The molecule has 4 atom stereocenters. The van der Waals surface area contributed by atoms with Gasteiger partial charge in [0.25, 0.3) is 5.92 Å². The largest absolute Gasteiger partial charge is 0.343 e. The Hall–Kier alpha value is -4.43. The summed E-state index contributed by atoms with van der Waals surface area (Å²) >= 11 is 0. The minimum absolute atomic E-state index is 0.0442. The second kappa shape index (κ2) is 18.6. The molecular formula is C39H55F2N7O5. The lowest BCUT2D eigenvalue weighted by atomic mass is 9.69. The molecule has 0 bridgehead atoms. The molecule has 5 amide bonds. The van der Waals surface area contributed by atoms with Gasteiger partial charge in [-0.2, -0.15) is 0 Å². The van der Waals surface area contributed by atoms with Crippen LogP contribution in [0.15, 0.2) is 60.7 Å². The van der Waals surface area contributed by atoms with Crippen LogP contribution in [0.4, 0.5) is 8.78 Å². The summed E-state index contributed by atoms with van der Waals surface area (Å²) in [6.07, 6.45) is 2.01. The monoisotopic (exact) mass is 739 g/mol. The fourth-order valence-electron chi connectivity index (χ4n) is 7.03. The van der Waals surface area contributed by atoms with Crippen molar-refractivity contribution < 1.29 is 32.8 Å². The highest BCUT2D eigenvalue weighted by atomic mass is 19.3. The summed E-state index contributed by atoms with van der Waals surface area (Å²) in [6.45, 7) is 4.53. The van der Waals surface area contributed by atoms with Gasteiger partial charge in [-0.15, -0.1) is 0 Å². The molecule has 0 radical (unpaired) electrons. The average Bonchev–Trinajstić information content (AvgIpc) is 3.09. The van der Waals surface area contributed by atoms with Crippen molar-refractivity contribution in [1.82, 2.24) is 25.8 Å². The van der Waals surface area contributed by atoms with Crippen LogP contribution in [-0.4, -0.2) is 102 Å². The molecule has 0 unspecified atom stereocenters. The van der Waals surface area contributed by atoms with Crippen molar-refractivity contribution in [3.05, 3.63) is 71.8 Å². The third-order valence-corrected chi connectivity index (χ3v) is 10.2. The number of unbranched alkanes of at least 4 members (excludes halogenated alkanes) is 1. The highest BCUT2D eigenvalue weighted by Crippen LogP contribution is 2.50. The lowest BCUT2D eigenvalue weighted by Gasteiger charge is -2.57. The molecule has 0 saturated carbocycles. The Morgan fingerprint density at radius 2 is 1.30 bits per heavy atom. The van der Waals surface area contributed by atoms with Gasteiger partial charge in [-0.1, -0.05) is 74.5 Å². The second-order valence-electron chi connectivity index (χ2n) is 15.0. The number of rotatable bonds is 17. The van der Waals surface area contributed by atoms with Crippen LogP contribution in [0.25, 0.3) is 0 Å². The van der Waals surface area contributed by atoms with Gasteiger partial charge >= 0.3 is 0 Å². The molecule has 1 spiro atoms. The quantitative estimate of drug-likeness (QED) is 0.154. The van der Waals surface area contributed by atoms with Crippen molar-refractivity contribution in [2.45, 2.75) is 95.8 Å². The van der Waals surface area contributed by atoms with Crippen LogP contribution >= 0.6 is 0 Å². The maximum Gasteiger partial charge on any atom is 0.274 e. The normalized spacial score (nSPS) is 18.3. The number of amides is 5. The molecule has 2 aliphatic rings. The molecule has 2 aliphatic heterocycles. The third-order valence-electron chi connectivity index (χ3n) is 10.2. The lowest BCUT2D eigenvalue weighted by Crippen LogP contribution is -2.72. The van der Waals surface area contributed by atoms with Gasteiger partial charge in [0.1, 0.15) is 18.1 Å². The zero-order valence-corrected chi connectivity index (χ0v) is 31.0. The number of nitrogens with two attached hydrogens (primary N) is 2. The van der Waals surface area contributed by atoms with Gasteiger partial charge in [0, 0.05) is 33.0 Å². The molecular weight excluding hydrogens is 684 g/mol. The van der Waals surface area contributed by atoms with E-state index in [9.17, 15) is 24.0 Å². The zero-order chi connectivity index (χ0) is 38.8. The molecule has 4 rings (SSSR count). The van der Waals surface area contributed by atoms with E-state index in [1.54, 1.807) is 0 Å². The summed E-state index contributed by atoms with van der Waals surface area (Å²) in [7, 11) is 0. The number of hydrogen-bond acceptors (Lipinski definition) is 7. The molecule has 2 aromatic rings. The Kier molecular flexibility index (Phi) is 14.5. The van der Waals surface area contributed by atoms with E-state index in [0.717, 1.165) is 16.0 Å². The summed E-state index contributed by atoms with van der Waals surface area (Å²) < 4.78 is 30.6. The molecule has 2 aromatic carbocycles. The highest BCUT2D eigenvalue weighted by molar-refractivity contribution is 5.95. The number of nitrogens with one attached hydrogen (secondary N) is 3. The summed E-state index contributed by atoms with van der Waals surface area (Å²) in [5, 5.41) is 8.42. The molecule has 12 nitrogen and oxygen atoms in total. The first kappa shape index (κ1) is 41.3. The molecule has 53 heavy (non-hydrogen) atoms. The van der Waals surface area contributed by atoms with E-state index in [1.807, 2.05) is 74.5 Å². The summed E-state index contributed by atoms with van der Waals surface area (Å²) in [5.74, 6) is -5.83. The Balaban J connectivity index is 1.47. The number of carbonyl (C=O) groups excluding carboxylic acids is 5. The van der Waals surface area contributed by atoms with Crippen LogP contribution in [0.3, 0.4) is 0 Å². The first-order valence-corrected chi connectivity index (χ1v) is 18.5. The van der Waals surface area contributed by atoms with Gasteiger partial charge in [0.2, 0.25) is 29.5 Å². The molecule has 0 aromatic heterocycles. The maximum atomic E-state index is 15.3. The molecule has 2 heterocycles. The van der Waals surface area contributed by atoms with E-state index in [4.69, 9.17) is 11.5 Å². The fraction of sp³-hybridized carbons (Fsp3) is 0.564. The van der Waals surface area contributed by atoms with Crippen molar-refractivity contribution in [2.75, 3.05) is 32.7 Å². The third kappa shape index (κ3) is 11.0. The van der Waals surface area contributed by atoms with Crippen molar-refractivity contribution in [3.8, 4) is 0 Å². The molecule has 14 heteroatoms. The second-order valence-corrected chi connectivity index (χ2v) is 15.0. The minimum atomic E-state index is -3.17. The maximum absolute atomic E-state index is 15.3. The van der Waals surface area contributed by atoms with Gasteiger partial charge < -0.3 is 37.2 Å². The van der Waals surface area contributed by atoms with Crippen LogP contribution in [0.5, 0.6) is 0 Å². The number of benzene rings is 2. The van der Waals surface area contributed by atoms with E-state index in [2.05, 4.69) is 16.0 Å². The Morgan fingerprint density at radius 1 is 0.755 bits per heavy atom. The van der Waals surface area contributed by atoms with E-state index in [0.29, 0.717) is 19.4 Å².